The first kappa shape index (κ1) is 28.7. The molecule has 1 saturated heterocycles. The highest BCUT2D eigenvalue weighted by atomic mass is 16.5. The van der Waals surface area contributed by atoms with Crippen LogP contribution in [0.25, 0.3) is 16.7 Å². The van der Waals surface area contributed by atoms with Crippen LogP contribution in [0.4, 0.5) is 5.82 Å². The van der Waals surface area contributed by atoms with Crippen molar-refractivity contribution in [3.8, 4) is 11.6 Å². The van der Waals surface area contributed by atoms with Gasteiger partial charge in [-0.05, 0) is 46.1 Å². The van der Waals surface area contributed by atoms with E-state index in [2.05, 4.69) is 35.3 Å². The number of H-pyrrole nitrogens is 1. The smallest absolute Gasteiger partial charge is 0.295 e. The minimum Gasteiger partial charge on any atom is -0.494 e. The second kappa shape index (κ2) is 12.3. The molecule has 0 aliphatic carbocycles. The zero-order valence-corrected chi connectivity index (χ0v) is 24.1. The molecule has 1 aliphatic rings. The third-order valence-electron chi connectivity index (χ3n) is 7.10. The topological polar surface area (TPSA) is 154 Å². The van der Waals surface area contributed by atoms with Crippen molar-refractivity contribution in [2.75, 3.05) is 65.4 Å². The third-order valence-corrected chi connectivity index (χ3v) is 7.10. The van der Waals surface area contributed by atoms with Crippen molar-refractivity contribution in [1.29, 1.82) is 0 Å². The van der Waals surface area contributed by atoms with Gasteiger partial charge in [0.2, 0.25) is 0 Å². The summed E-state index contributed by atoms with van der Waals surface area (Å²) in [5.41, 5.74) is 1.17. The number of fused-ring (bicyclic) bond motifs is 1. The summed E-state index contributed by atoms with van der Waals surface area (Å²) in [6.45, 7) is 4.65. The molecule has 0 atom stereocenters. The fourth-order valence-corrected chi connectivity index (χ4v) is 4.96. The molecule has 1 aliphatic heterocycles. The number of anilines is 1. The lowest BCUT2D eigenvalue weighted by Gasteiger charge is -2.35. The van der Waals surface area contributed by atoms with Gasteiger partial charge in [0.1, 0.15) is 23.7 Å². The Balaban J connectivity index is 1.29. The lowest BCUT2D eigenvalue weighted by Crippen LogP contribution is -2.51. The number of Topliss-reactive ketones (excluding diaryl/α,β-unsaturated/α-hetero) is 1. The summed E-state index contributed by atoms with van der Waals surface area (Å²) < 4.78 is 6.98. The average Bonchev–Trinajstić information content (AvgIpc) is 3.65. The van der Waals surface area contributed by atoms with Crippen molar-refractivity contribution < 1.29 is 19.1 Å². The van der Waals surface area contributed by atoms with E-state index >= 15 is 0 Å². The molecule has 0 unspecified atom stereocenters. The highest BCUT2D eigenvalue weighted by molar-refractivity contribution is 6.45. The molecule has 0 radical (unpaired) electrons. The molecule has 0 bridgehead atoms. The molecule has 1 fully saturated rings. The fourth-order valence-electron chi connectivity index (χ4n) is 4.96. The normalized spacial score (nSPS) is 13.5. The van der Waals surface area contributed by atoms with Gasteiger partial charge < -0.3 is 29.7 Å². The van der Waals surface area contributed by atoms with Crippen molar-refractivity contribution in [2.45, 2.75) is 13.3 Å². The highest BCUT2D eigenvalue weighted by Crippen LogP contribution is 2.32. The molecule has 14 heteroatoms. The monoisotopic (exact) mass is 574 g/mol. The number of hydrogen-bond donors (Lipinski definition) is 2. The largest absolute Gasteiger partial charge is 0.494 e. The summed E-state index contributed by atoms with van der Waals surface area (Å²) in [5.74, 6) is 0.453. The first-order valence-corrected chi connectivity index (χ1v) is 13.7. The molecular formula is C28H34N10O4. The van der Waals surface area contributed by atoms with Gasteiger partial charge in [0.25, 0.3) is 17.6 Å². The number of nitrogens with zero attached hydrogens (tertiary/aromatic N) is 8. The number of hydrogen-bond acceptors (Lipinski definition) is 10. The number of piperazine rings is 1. The predicted octanol–water partition coefficient (Wildman–Crippen LogP) is 1.07. The Kier molecular flexibility index (Phi) is 8.43. The number of aromatic nitrogens is 6. The molecule has 0 saturated carbocycles. The summed E-state index contributed by atoms with van der Waals surface area (Å²) in [5, 5.41) is 7.72. The standard InChI is InChI=1S/C28H34N10O4/c1-18-33-17-38(34-18)26-23-22(21(42-4)16-32-26)20(15-31-23)24(39)28(41)37-13-11-36(12-14-37)25-19(7-5-8-29-25)27(40)30-9-6-10-35(2)3/h5,7-8,15-17,31H,6,9-14H2,1-4H3,(H,30,40). The van der Waals surface area contributed by atoms with Crippen LogP contribution in [0, 0.1) is 6.92 Å². The number of aromatic amines is 1. The Morgan fingerprint density at radius 1 is 1.07 bits per heavy atom. The number of amides is 2. The molecule has 5 heterocycles. The summed E-state index contributed by atoms with van der Waals surface area (Å²) in [6, 6.07) is 3.48. The number of rotatable bonds is 10. The van der Waals surface area contributed by atoms with E-state index in [9.17, 15) is 14.4 Å². The van der Waals surface area contributed by atoms with Gasteiger partial charge in [-0.3, -0.25) is 14.4 Å². The van der Waals surface area contributed by atoms with Gasteiger partial charge in [0.05, 0.1) is 35.3 Å². The Hall–Kier alpha value is -4.85. The maximum atomic E-state index is 13.5. The van der Waals surface area contributed by atoms with Crippen molar-refractivity contribution >= 4 is 34.3 Å². The van der Waals surface area contributed by atoms with Crippen LogP contribution in [-0.2, 0) is 4.79 Å². The molecule has 14 nitrogen and oxygen atoms in total. The Morgan fingerprint density at radius 2 is 1.86 bits per heavy atom. The number of ether oxygens (including phenoxy) is 1. The van der Waals surface area contributed by atoms with Crippen LogP contribution in [0.15, 0.2) is 37.1 Å². The van der Waals surface area contributed by atoms with Gasteiger partial charge >= 0.3 is 0 Å². The van der Waals surface area contributed by atoms with Gasteiger partial charge in [-0.15, -0.1) is 0 Å². The molecule has 0 aromatic carbocycles. The number of nitrogens with one attached hydrogen (secondary N) is 2. The molecular weight excluding hydrogens is 540 g/mol. The molecule has 0 spiro atoms. The maximum Gasteiger partial charge on any atom is 0.295 e. The summed E-state index contributed by atoms with van der Waals surface area (Å²) >= 11 is 0. The van der Waals surface area contributed by atoms with E-state index in [1.165, 1.54) is 35.4 Å². The molecule has 5 rings (SSSR count). The van der Waals surface area contributed by atoms with Gasteiger partial charge in [0.15, 0.2) is 5.82 Å². The zero-order chi connectivity index (χ0) is 29.8. The van der Waals surface area contributed by atoms with Crippen LogP contribution in [0.1, 0.15) is 33.0 Å². The van der Waals surface area contributed by atoms with E-state index in [1.54, 1.807) is 25.3 Å². The molecule has 2 N–H and O–H groups in total. The van der Waals surface area contributed by atoms with Gasteiger partial charge in [-0.1, -0.05) is 0 Å². The minimum absolute atomic E-state index is 0.186. The SMILES string of the molecule is COc1cnc(-n2cnc(C)n2)c2[nH]cc(C(=O)C(=O)N3CCN(c4ncccc4C(=O)NCCCN(C)C)CC3)c12. The first-order chi connectivity index (χ1) is 20.3. The maximum absolute atomic E-state index is 13.5. The van der Waals surface area contributed by atoms with Crippen LogP contribution in [0.5, 0.6) is 5.75 Å². The molecule has 2 amide bonds. The molecule has 42 heavy (non-hydrogen) atoms. The lowest BCUT2D eigenvalue weighted by molar-refractivity contribution is -0.126. The van der Waals surface area contributed by atoms with Crippen LogP contribution in [0.3, 0.4) is 0 Å². The van der Waals surface area contributed by atoms with Crippen molar-refractivity contribution in [2.24, 2.45) is 0 Å². The molecule has 4 aromatic heterocycles. The Bertz CT molecular complexity index is 1600. The van der Waals surface area contributed by atoms with E-state index in [1.807, 2.05) is 19.0 Å². The van der Waals surface area contributed by atoms with Crippen LogP contribution < -0.4 is 15.0 Å². The lowest BCUT2D eigenvalue weighted by atomic mass is 10.1. The Labute approximate surface area is 242 Å². The number of carbonyl (C=O) groups excluding carboxylic acids is 3. The predicted molar refractivity (Wildman–Crippen MR) is 155 cm³/mol. The van der Waals surface area contributed by atoms with Gasteiger partial charge in [0, 0.05) is 45.1 Å². The first-order valence-electron chi connectivity index (χ1n) is 13.7. The van der Waals surface area contributed by atoms with E-state index < -0.39 is 11.7 Å². The second-order valence-corrected chi connectivity index (χ2v) is 10.2. The van der Waals surface area contributed by atoms with Crippen LogP contribution in [0.2, 0.25) is 0 Å². The Morgan fingerprint density at radius 3 is 2.55 bits per heavy atom. The number of carbonyl (C=O) groups is 3. The third kappa shape index (κ3) is 5.79. The highest BCUT2D eigenvalue weighted by Gasteiger charge is 2.31. The quantitative estimate of drug-likeness (QED) is 0.160. The number of pyridine rings is 2. The number of methoxy groups -OCH3 is 1. The molecule has 220 valence electrons. The average molecular weight is 575 g/mol. The summed E-state index contributed by atoms with van der Waals surface area (Å²) in [4.78, 5) is 61.4. The van der Waals surface area contributed by atoms with Gasteiger partial charge in [-0.25, -0.2) is 19.6 Å². The van der Waals surface area contributed by atoms with E-state index in [-0.39, 0.29) is 11.5 Å². The summed E-state index contributed by atoms with van der Waals surface area (Å²) in [7, 11) is 5.46. The van der Waals surface area contributed by atoms with E-state index in [0.29, 0.717) is 72.4 Å². The van der Waals surface area contributed by atoms with Crippen molar-refractivity contribution in [3.63, 3.8) is 0 Å². The second-order valence-electron chi connectivity index (χ2n) is 10.2. The van der Waals surface area contributed by atoms with E-state index in [0.717, 1.165) is 13.0 Å². The van der Waals surface area contributed by atoms with Crippen molar-refractivity contribution in [1.82, 2.24) is 44.8 Å². The molecule has 4 aromatic rings. The fraction of sp³-hybridized carbons (Fsp3) is 0.393. The zero-order valence-electron chi connectivity index (χ0n) is 24.1. The summed E-state index contributed by atoms with van der Waals surface area (Å²) in [6.07, 6.45) is 7.00. The van der Waals surface area contributed by atoms with Crippen LogP contribution >= 0.6 is 0 Å². The van der Waals surface area contributed by atoms with Crippen LogP contribution in [-0.4, -0.2) is 118 Å². The number of aryl methyl sites for hydroxylation is 1. The van der Waals surface area contributed by atoms with E-state index in [4.69, 9.17) is 4.74 Å². The number of ketones is 1. The van der Waals surface area contributed by atoms with Gasteiger partial charge in [-0.2, -0.15) is 5.10 Å². The van der Waals surface area contributed by atoms with Crippen molar-refractivity contribution in [3.05, 3.63) is 54.0 Å². The minimum atomic E-state index is -0.657.